The highest BCUT2D eigenvalue weighted by Crippen LogP contribution is 2.27. The van der Waals surface area contributed by atoms with Gasteiger partial charge in [-0.2, -0.15) is 0 Å². The van der Waals surface area contributed by atoms with Crippen molar-refractivity contribution in [2.75, 3.05) is 6.54 Å². The number of benzene rings is 3. The number of nitrogens with one attached hydrogen (secondary N) is 2. The summed E-state index contributed by atoms with van der Waals surface area (Å²) in [4.78, 5) is 27.6. The smallest absolute Gasteiger partial charge is 0.336 e. The quantitative estimate of drug-likeness (QED) is 0.389. The number of aromatic nitrogens is 1. The average Bonchev–Trinajstić information content (AvgIpc) is 3.15. The van der Waals surface area contributed by atoms with Crippen LogP contribution in [0.4, 0.5) is 0 Å². The number of hydrogen-bond acceptors (Lipinski definition) is 3. The number of fused-ring (bicyclic) bond motifs is 1. The number of phenols is 1. The number of rotatable bonds is 6. The van der Waals surface area contributed by atoms with Crippen molar-refractivity contribution in [3.8, 4) is 16.9 Å². The number of carbonyl (C=O) groups is 2. The topological polar surface area (TPSA) is 102 Å². The Morgan fingerprint density at radius 2 is 1.57 bits per heavy atom. The van der Waals surface area contributed by atoms with E-state index < -0.39 is 5.97 Å². The molecule has 0 saturated heterocycles. The van der Waals surface area contributed by atoms with Crippen LogP contribution in [-0.4, -0.2) is 33.6 Å². The maximum atomic E-state index is 12.9. The van der Waals surface area contributed by atoms with Crippen LogP contribution in [0.2, 0.25) is 0 Å². The van der Waals surface area contributed by atoms with Crippen LogP contribution >= 0.6 is 0 Å². The first-order valence-corrected chi connectivity index (χ1v) is 9.53. The fourth-order valence-electron chi connectivity index (χ4n) is 3.60. The van der Waals surface area contributed by atoms with E-state index in [0.29, 0.717) is 29.7 Å². The van der Waals surface area contributed by atoms with Crippen molar-refractivity contribution in [1.29, 1.82) is 0 Å². The van der Waals surface area contributed by atoms with E-state index in [2.05, 4.69) is 10.3 Å². The second kappa shape index (κ2) is 8.13. The highest BCUT2D eigenvalue weighted by molar-refractivity contribution is 6.04. The second-order valence-corrected chi connectivity index (χ2v) is 6.95. The fraction of sp³-hybridized carbons (Fsp3) is 0.0833. The first-order valence-electron chi connectivity index (χ1n) is 9.53. The zero-order valence-electron chi connectivity index (χ0n) is 16.1. The number of amides is 1. The van der Waals surface area contributed by atoms with Crippen molar-refractivity contribution in [1.82, 2.24) is 10.3 Å². The molecule has 0 aliphatic rings. The molecular formula is C24H20N2O4. The van der Waals surface area contributed by atoms with E-state index in [1.54, 1.807) is 54.6 Å². The molecular weight excluding hydrogens is 380 g/mol. The van der Waals surface area contributed by atoms with Crippen LogP contribution in [0.15, 0.2) is 72.9 Å². The molecule has 0 aliphatic carbocycles. The number of aromatic amines is 1. The zero-order valence-corrected chi connectivity index (χ0v) is 16.1. The molecule has 4 rings (SSSR count). The summed E-state index contributed by atoms with van der Waals surface area (Å²) in [6.45, 7) is 0.399. The van der Waals surface area contributed by atoms with Gasteiger partial charge in [-0.3, -0.25) is 4.79 Å². The summed E-state index contributed by atoms with van der Waals surface area (Å²) in [7, 11) is 0. The van der Waals surface area contributed by atoms with Gasteiger partial charge in [-0.15, -0.1) is 0 Å². The van der Waals surface area contributed by atoms with Crippen molar-refractivity contribution >= 4 is 22.8 Å². The van der Waals surface area contributed by atoms with E-state index in [9.17, 15) is 19.8 Å². The van der Waals surface area contributed by atoms with E-state index in [1.165, 1.54) is 6.07 Å². The van der Waals surface area contributed by atoms with Crippen LogP contribution in [0.25, 0.3) is 22.0 Å². The number of carboxylic acid groups (broad SMARTS) is 1. The standard InChI is InChI=1S/C24H20N2O4/c27-16-9-10-22-21(13-16)15(14-26-22)11-12-25-23(28)19-7-3-1-5-17(19)18-6-2-4-8-20(18)24(29)30/h1-10,13-14,26-27H,11-12H2,(H,25,28)(H,29,30). The summed E-state index contributed by atoms with van der Waals surface area (Å²) < 4.78 is 0. The van der Waals surface area contributed by atoms with Crippen LogP contribution in [0.5, 0.6) is 5.75 Å². The maximum absolute atomic E-state index is 12.9. The van der Waals surface area contributed by atoms with Gasteiger partial charge in [0.15, 0.2) is 0 Å². The summed E-state index contributed by atoms with van der Waals surface area (Å²) in [6.07, 6.45) is 2.45. The lowest BCUT2D eigenvalue weighted by molar-refractivity contribution is 0.0697. The Morgan fingerprint density at radius 3 is 2.30 bits per heavy atom. The Labute approximate surface area is 172 Å². The molecule has 0 radical (unpaired) electrons. The van der Waals surface area contributed by atoms with Crippen LogP contribution in [0.1, 0.15) is 26.3 Å². The Kier molecular flexibility index (Phi) is 5.22. The lowest BCUT2D eigenvalue weighted by Crippen LogP contribution is -2.26. The Balaban J connectivity index is 1.54. The van der Waals surface area contributed by atoms with Gasteiger partial charge in [0.2, 0.25) is 0 Å². The van der Waals surface area contributed by atoms with Gasteiger partial charge in [0.1, 0.15) is 5.75 Å². The first-order chi connectivity index (χ1) is 14.5. The predicted molar refractivity (Wildman–Crippen MR) is 115 cm³/mol. The number of phenolic OH excluding ortho intramolecular Hbond substituents is 1. The van der Waals surface area contributed by atoms with Gasteiger partial charge in [0, 0.05) is 29.2 Å². The Bertz CT molecular complexity index is 1240. The third kappa shape index (κ3) is 3.75. The lowest BCUT2D eigenvalue weighted by atomic mass is 9.95. The van der Waals surface area contributed by atoms with Crippen molar-refractivity contribution in [2.24, 2.45) is 0 Å². The number of carboxylic acids is 1. The summed E-state index contributed by atoms with van der Waals surface area (Å²) in [6, 6.07) is 18.7. The van der Waals surface area contributed by atoms with Gasteiger partial charge in [0.25, 0.3) is 5.91 Å². The third-order valence-electron chi connectivity index (χ3n) is 5.05. The molecule has 4 N–H and O–H groups in total. The summed E-state index contributed by atoms with van der Waals surface area (Å²) in [5.41, 5.74) is 3.56. The molecule has 0 saturated carbocycles. The molecule has 30 heavy (non-hydrogen) atoms. The van der Waals surface area contributed by atoms with Crippen molar-refractivity contribution in [3.63, 3.8) is 0 Å². The lowest BCUT2D eigenvalue weighted by Gasteiger charge is -2.12. The van der Waals surface area contributed by atoms with Gasteiger partial charge in [-0.1, -0.05) is 36.4 Å². The fourth-order valence-corrected chi connectivity index (χ4v) is 3.60. The van der Waals surface area contributed by atoms with E-state index in [1.807, 2.05) is 12.3 Å². The number of aromatic hydroxyl groups is 1. The van der Waals surface area contributed by atoms with Crippen molar-refractivity contribution < 1.29 is 19.8 Å². The maximum Gasteiger partial charge on any atom is 0.336 e. The first kappa shape index (κ1) is 19.3. The van der Waals surface area contributed by atoms with E-state index in [4.69, 9.17) is 0 Å². The molecule has 1 heterocycles. The number of hydrogen-bond donors (Lipinski definition) is 4. The molecule has 0 fully saturated rings. The van der Waals surface area contributed by atoms with Gasteiger partial charge < -0.3 is 20.5 Å². The predicted octanol–water partition coefficient (Wildman–Crippen LogP) is 4.21. The highest BCUT2D eigenvalue weighted by atomic mass is 16.4. The van der Waals surface area contributed by atoms with Crippen molar-refractivity contribution in [2.45, 2.75) is 6.42 Å². The molecule has 0 unspecified atom stereocenters. The molecule has 0 atom stereocenters. The summed E-state index contributed by atoms with van der Waals surface area (Å²) >= 11 is 0. The molecule has 150 valence electrons. The SMILES string of the molecule is O=C(O)c1ccccc1-c1ccccc1C(=O)NCCc1c[nH]c2ccc(O)cc12. The molecule has 4 aromatic rings. The molecule has 0 bridgehead atoms. The second-order valence-electron chi connectivity index (χ2n) is 6.95. The van der Waals surface area contributed by atoms with E-state index in [-0.39, 0.29) is 17.2 Å². The molecule has 0 spiro atoms. The summed E-state index contributed by atoms with van der Waals surface area (Å²) in [5, 5.41) is 23.0. The van der Waals surface area contributed by atoms with Crippen LogP contribution in [0.3, 0.4) is 0 Å². The molecule has 1 aromatic heterocycles. The van der Waals surface area contributed by atoms with E-state index >= 15 is 0 Å². The zero-order chi connectivity index (χ0) is 21.1. The number of aromatic carboxylic acids is 1. The average molecular weight is 400 g/mol. The number of carbonyl (C=O) groups excluding carboxylic acids is 1. The Morgan fingerprint density at radius 1 is 0.900 bits per heavy atom. The van der Waals surface area contributed by atoms with E-state index in [0.717, 1.165) is 16.5 Å². The van der Waals surface area contributed by atoms with Gasteiger partial charge in [-0.05, 0) is 53.4 Å². The van der Waals surface area contributed by atoms with Crippen LogP contribution in [0, 0.1) is 0 Å². The van der Waals surface area contributed by atoms with Crippen LogP contribution in [-0.2, 0) is 6.42 Å². The highest BCUT2D eigenvalue weighted by Gasteiger charge is 2.17. The Hall–Kier alpha value is -4.06. The van der Waals surface area contributed by atoms with Gasteiger partial charge >= 0.3 is 5.97 Å². The minimum Gasteiger partial charge on any atom is -0.508 e. The number of H-pyrrole nitrogens is 1. The molecule has 1 amide bonds. The molecule has 6 heteroatoms. The molecule has 6 nitrogen and oxygen atoms in total. The van der Waals surface area contributed by atoms with Crippen LogP contribution < -0.4 is 5.32 Å². The van der Waals surface area contributed by atoms with Gasteiger partial charge in [-0.25, -0.2) is 4.79 Å². The largest absolute Gasteiger partial charge is 0.508 e. The monoisotopic (exact) mass is 400 g/mol. The molecule has 3 aromatic carbocycles. The summed E-state index contributed by atoms with van der Waals surface area (Å²) in [5.74, 6) is -1.12. The minimum atomic E-state index is -1.04. The van der Waals surface area contributed by atoms with Crippen molar-refractivity contribution in [3.05, 3.63) is 89.6 Å². The normalized spacial score (nSPS) is 10.8. The van der Waals surface area contributed by atoms with Gasteiger partial charge in [0.05, 0.1) is 5.56 Å². The minimum absolute atomic E-state index is 0.149. The third-order valence-corrected chi connectivity index (χ3v) is 5.05. The molecule has 0 aliphatic heterocycles.